The van der Waals surface area contributed by atoms with Crippen molar-refractivity contribution in [2.24, 2.45) is 5.41 Å². The summed E-state index contributed by atoms with van der Waals surface area (Å²) in [6, 6.07) is 5.69. The summed E-state index contributed by atoms with van der Waals surface area (Å²) in [5, 5.41) is 0.709. The molecule has 0 unspecified atom stereocenters. The Morgan fingerprint density at radius 2 is 1.84 bits per heavy atom. The van der Waals surface area contributed by atoms with Crippen molar-refractivity contribution < 1.29 is 0 Å². The van der Waals surface area contributed by atoms with Crippen molar-refractivity contribution in [1.29, 1.82) is 0 Å². The fraction of sp³-hybridized carbons (Fsp3) is 0.533. The van der Waals surface area contributed by atoms with Crippen LogP contribution in [-0.4, -0.2) is 9.55 Å². The van der Waals surface area contributed by atoms with Crippen LogP contribution in [0.1, 0.15) is 41.0 Å². The highest BCUT2D eigenvalue weighted by Gasteiger charge is 2.30. The molecule has 2 rings (SSSR count). The van der Waals surface area contributed by atoms with E-state index in [9.17, 15) is 0 Å². The number of fused-ring (bicyclic) bond motifs is 1. The van der Waals surface area contributed by atoms with Crippen LogP contribution in [0.5, 0.6) is 0 Å². The SMILES string of the molecule is CC(C)(C)CC(C)(C)n1c(N)nc2ccc(Cl)cc21. The Kier molecular flexibility index (Phi) is 3.29. The number of anilines is 1. The van der Waals surface area contributed by atoms with E-state index in [0.717, 1.165) is 17.5 Å². The first-order valence-electron chi connectivity index (χ1n) is 6.54. The lowest BCUT2D eigenvalue weighted by Gasteiger charge is -2.34. The highest BCUT2D eigenvalue weighted by Crippen LogP contribution is 2.36. The number of rotatable bonds is 2. The number of nitrogen functional groups attached to an aromatic ring is 1. The molecule has 0 saturated heterocycles. The fourth-order valence-electron chi connectivity index (χ4n) is 3.08. The van der Waals surface area contributed by atoms with Crippen LogP contribution in [0.25, 0.3) is 11.0 Å². The Balaban J connectivity index is 2.61. The number of aromatic nitrogens is 2. The lowest BCUT2D eigenvalue weighted by Crippen LogP contribution is -2.32. The smallest absolute Gasteiger partial charge is 0.201 e. The summed E-state index contributed by atoms with van der Waals surface area (Å²) in [7, 11) is 0. The minimum atomic E-state index is -0.109. The van der Waals surface area contributed by atoms with Gasteiger partial charge in [0.2, 0.25) is 5.95 Å². The van der Waals surface area contributed by atoms with Crippen LogP contribution in [0, 0.1) is 5.41 Å². The summed E-state index contributed by atoms with van der Waals surface area (Å²) < 4.78 is 2.10. The van der Waals surface area contributed by atoms with Crippen molar-refractivity contribution in [3.63, 3.8) is 0 Å². The topological polar surface area (TPSA) is 43.8 Å². The van der Waals surface area contributed by atoms with E-state index in [1.165, 1.54) is 0 Å². The van der Waals surface area contributed by atoms with Gasteiger partial charge in [0.05, 0.1) is 11.0 Å². The number of hydrogen-bond acceptors (Lipinski definition) is 2. The number of nitrogens with two attached hydrogens (primary N) is 1. The molecule has 0 aliphatic carbocycles. The fourth-order valence-corrected chi connectivity index (χ4v) is 3.25. The third-order valence-electron chi connectivity index (χ3n) is 3.21. The molecule has 0 aliphatic rings. The Labute approximate surface area is 119 Å². The van der Waals surface area contributed by atoms with Crippen LogP contribution in [0.15, 0.2) is 18.2 Å². The van der Waals surface area contributed by atoms with Gasteiger partial charge in [-0.1, -0.05) is 32.4 Å². The summed E-state index contributed by atoms with van der Waals surface area (Å²) in [4.78, 5) is 4.43. The normalized spacial score (nSPS) is 13.2. The van der Waals surface area contributed by atoms with Gasteiger partial charge in [0.15, 0.2) is 0 Å². The number of nitrogens with zero attached hydrogens (tertiary/aromatic N) is 2. The maximum absolute atomic E-state index is 6.12. The molecule has 0 spiro atoms. The van der Waals surface area contributed by atoms with E-state index >= 15 is 0 Å². The monoisotopic (exact) mass is 279 g/mol. The van der Waals surface area contributed by atoms with Crippen LogP contribution >= 0.6 is 11.6 Å². The minimum Gasteiger partial charge on any atom is -0.369 e. The summed E-state index contributed by atoms with van der Waals surface area (Å²) in [5.74, 6) is 0.548. The van der Waals surface area contributed by atoms with Gasteiger partial charge in [0.25, 0.3) is 0 Å². The van der Waals surface area contributed by atoms with Crippen molar-refractivity contribution in [2.45, 2.75) is 46.6 Å². The van der Waals surface area contributed by atoms with Gasteiger partial charge in [-0.3, -0.25) is 0 Å². The Morgan fingerprint density at radius 3 is 2.42 bits per heavy atom. The maximum Gasteiger partial charge on any atom is 0.201 e. The second-order valence-corrected chi connectivity index (χ2v) is 7.42. The Bertz CT molecular complexity index is 606. The van der Waals surface area contributed by atoms with E-state index in [-0.39, 0.29) is 11.0 Å². The molecule has 0 amide bonds. The van der Waals surface area contributed by atoms with Gasteiger partial charge in [-0.15, -0.1) is 0 Å². The van der Waals surface area contributed by atoms with Crippen molar-refractivity contribution in [2.75, 3.05) is 5.73 Å². The van der Waals surface area contributed by atoms with Gasteiger partial charge >= 0.3 is 0 Å². The van der Waals surface area contributed by atoms with E-state index in [4.69, 9.17) is 17.3 Å². The van der Waals surface area contributed by atoms with Gasteiger partial charge < -0.3 is 10.3 Å². The molecule has 0 saturated carbocycles. The molecule has 0 radical (unpaired) electrons. The largest absolute Gasteiger partial charge is 0.369 e. The number of hydrogen-bond donors (Lipinski definition) is 1. The van der Waals surface area contributed by atoms with Gasteiger partial charge in [-0.05, 0) is 43.9 Å². The third kappa shape index (κ3) is 2.86. The first kappa shape index (κ1) is 14.2. The molecule has 1 heterocycles. The van der Waals surface area contributed by atoms with Gasteiger partial charge in [-0.25, -0.2) is 4.98 Å². The molecule has 0 fully saturated rings. The van der Waals surface area contributed by atoms with E-state index in [1.807, 2.05) is 18.2 Å². The van der Waals surface area contributed by atoms with Crippen LogP contribution in [0.2, 0.25) is 5.02 Å². The number of benzene rings is 1. The van der Waals surface area contributed by atoms with Gasteiger partial charge in [0.1, 0.15) is 0 Å². The molecule has 1 aromatic carbocycles. The maximum atomic E-state index is 6.12. The molecule has 4 heteroatoms. The molecule has 1 aromatic heterocycles. The second-order valence-electron chi connectivity index (χ2n) is 6.99. The van der Waals surface area contributed by atoms with Crippen LogP contribution < -0.4 is 5.73 Å². The highest BCUT2D eigenvalue weighted by molar-refractivity contribution is 6.31. The zero-order chi connectivity index (χ0) is 14.4. The zero-order valence-electron chi connectivity index (χ0n) is 12.3. The van der Waals surface area contributed by atoms with Gasteiger partial charge in [-0.2, -0.15) is 0 Å². The van der Waals surface area contributed by atoms with E-state index in [2.05, 4.69) is 44.2 Å². The number of imidazole rings is 1. The van der Waals surface area contributed by atoms with Crippen molar-refractivity contribution in [3.05, 3.63) is 23.2 Å². The molecule has 0 atom stereocenters. The molecule has 3 nitrogen and oxygen atoms in total. The first-order chi connectivity index (χ1) is 8.60. The molecular weight excluding hydrogens is 258 g/mol. The van der Waals surface area contributed by atoms with Crippen LogP contribution in [0.4, 0.5) is 5.95 Å². The third-order valence-corrected chi connectivity index (χ3v) is 3.45. The van der Waals surface area contributed by atoms with E-state index in [1.54, 1.807) is 0 Å². The minimum absolute atomic E-state index is 0.109. The van der Waals surface area contributed by atoms with Gasteiger partial charge in [0, 0.05) is 10.6 Å². The Hall–Kier alpha value is -1.22. The second kappa shape index (κ2) is 4.41. The number of halogens is 1. The van der Waals surface area contributed by atoms with Crippen LogP contribution in [-0.2, 0) is 5.54 Å². The average Bonchev–Trinajstić information content (AvgIpc) is 2.49. The predicted octanol–water partition coefficient (Wildman–Crippen LogP) is 4.44. The van der Waals surface area contributed by atoms with Crippen molar-refractivity contribution in [1.82, 2.24) is 9.55 Å². The molecule has 0 bridgehead atoms. The quantitative estimate of drug-likeness (QED) is 0.883. The average molecular weight is 280 g/mol. The molecule has 104 valence electrons. The molecule has 19 heavy (non-hydrogen) atoms. The zero-order valence-corrected chi connectivity index (χ0v) is 13.0. The molecule has 2 aromatic rings. The lowest BCUT2D eigenvalue weighted by molar-refractivity contribution is 0.222. The summed E-state index contributed by atoms with van der Waals surface area (Å²) in [5.41, 5.74) is 8.11. The first-order valence-corrected chi connectivity index (χ1v) is 6.92. The molecule has 0 aliphatic heterocycles. The summed E-state index contributed by atoms with van der Waals surface area (Å²) in [6.45, 7) is 11.1. The predicted molar refractivity (Wildman–Crippen MR) is 82.5 cm³/mol. The van der Waals surface area contributed by atoms with E-state index in [0.29, 0.717) is 11.0 Å². The van der Waals surface area contributed by atoms with Crippen LogP contribution in [0.3, 0.4) is 0 Å². The highest BCUT2D eigenvalue weighted by atomic mass is 35.5. The summed E-state index contributed by atoms with van der Waals surface area (Å²) in [6.07, 6.45) is 1.00. The molecular formula is C15H22ClN3. The molecule has 2 N–H and O–H groups in total. The standard InChI is InChI=1S/C15H22ClN3/c1-14(2,3)9-15(4,5)19-12-8-10(16)6-7-11(12)18-13(19)17/h6-8H,9H2,1-5H3,(H2,17,18). The van der Waals surface area contributed by atoms with E-state index < -0.39 is 0 Å². The van der Waals surface area contributed by atoms with Crippen molar-refractivity contribution in [3.8, 4) is 0 Å². The van der Waals surface area contributed by atoms with Crippen molar-refractivity contribution >= 4 is 28.6 Å². The summed E-state index contributed by atoms with van der Waals surface area (Å²) >= 11 is 6.10. The lowest BCUT2D eigenvalue weighted by atomic mass is 9.81. The Morgan fingerprint density at radius 1 is 1.21 bits per heavy atom.